The SMILES string of the molecule is COC1c2nc(NC(C)C)c(N3CCC(Oc4ccc(F)cc4F)CC3)nc2CCN1SC. The number of aromatic nitrogens is 2. The van der Waals surface area contributed by atoms with Crippen LogP contribution in [-0.4, -0.2) is 59.4 Å². The van der Waals surface area contributed by atoms with Gasteiger partial charge in [0, 0.05) is 58.1 Å². The fraction of sp³-hybridized carbons (Fsp3) is 0.565. The molecule has 0 aliphatic carbocycles. The van der Waals surface area contributed by atoms with Crippen molar-refractivity contribution < 1.29 is 18.3 Å². The van der Waals surface area contributed by atoms with Crippen LogP contribution in [-0.2, 0) is 11.2 Å². The molecule has 1 atom stereocenters. The number of piperidine rings is 1. The number of nitrogens with one attached hydrogen (secondary N) is 1. The van der Waals surface area contributed by atoms with E-state index in [1.165, 1.54) is 12.1 Å². The third-order valence-corrected chi connectivity index (χ3v) is 6.70. The normalized spacial score (nSPS) is 19.6. The lowest BCUT2D eigenvalue weighted by molar-refractivity contribution is 0.00917. The van der Waals surface area contributed by atoms with Gasteiger partial charge in [0.1, 0.15) is 17.6 Å². The molecule has 1 N–H and O–H groups in total. The Balaban J connectivity index is 1.52. The van der Waals surface area contributed by atoms with Gasteiger partial charge < -0.3 is 19.7 Å². The van der Waals surface area contributed by atoms with Crippen molar-refractivity contribution >= 4 is 23.6 Å². The van der Waals surface area contributed by atoms with Crippen molar-refractivity contribution in [3.05, 3.63) is 41.2 Å². The summed E-state index contributed by atoms with van der Waals surface area (Å²) in [6, 6.07) is 3.61. The highest BCUT2D eigenvalue weighted by Gasteiger charge is 2.33. The van der Waals surface area contributed by atoms with E-state index in [9.17, 15) is 8.78 Å². The molecule has 2 aromatic rings. The number of ether oxygens (including phenoxy) is 2. The van der Waals surface area contributed by atoms with E-state index < -0.39 is 11.6 Å². The van der Waals surface area contributed by atoms with Gasteiger partial charge in [0.05, 0.1) is 5.69 Å². The summed E-state index contributed by atoms with van der Waals surface area (Å²) in [6.07, 6.45) is 3.89. The summed E-state index contributed by atoms with van der Waals surface area (Å²) in [5.41, 5.74) is 1.82. The minimum Gasteiger partial charge on any atom is -0.487 e. The number of halogens is 2. The van der Waals surface area contributed by atoms with Crippen LogP contribution in [0.3, 0.4) is 0 Å². The van der Waals surface area contributed by atoms with Crippen LogP contribution in [0.5, 0.6) is 5.75 Å². The van der Waals surface area contributed by atoms with E-state index in [1.807, 2.05) is 6.26 Å². The first-order valence-corrected chi connectivity index (χ1v) is 12.4. The monoisotopic (exact) mass is 479 g/mol. The Morgan fingerprint density at radius 3 is 2.55 bits per heavy atom. The van der Waals surface area contributed by atoms with Gasteiger partial charge in [-0.3, -0.25) is 0 Å². The average molecular weight is 480 g/mol. The molecule has 0 radical (unpaired) electrons. The summed E-state index contributed by atoms with van der Waals surface area (Å²) in [5.74, 6) is 0.393. The molecule has 0 bridgehead atoms. The third-order valence-electron chi connectivity index (χ3n) is 5.86. The number of hydrogen-bond donors (Lipinski definition) is 1. The number of fused-ring (bicyclic) bond motifs is 1. The van der Waals surface area contributed by atoms with Gasteiger partial charge in [-0.2, -0.15) is 0 Å². The molecule has 1 saturated heterocycles. The summed E-state index contributed by atoms with van der Waals surface area (Å²) in [7, 11) is 1.70. The molecule has 3 heterocycles. The summed E-state index contributed by atoms with van der Waals surface area (Å²) < 4.78 is 40.9. The Bertz CT molecular complexity index is 972. The van der Waals surface area contributed by atoms with Gasteiger partial charge in [0.25, 0.3) is 0 Å². The van der Waals surface area contributed by atoms with E-state index in [1.54, 1.807) is 19.1 Å². The maximum atomic E-state index is 14.0. The van der Waals surface area contributed by atoms with Crippen molar-refractivity contribution in [2.45, 2.75) is 51.5 Å². The molecule has 0 amide bonds. The molecule has 1 unspecified atom stereocenters. The van der Waals surface area contributed by atoms with Gasteiger partial charge in [-0.15, -0.1) is 0 Å². The topological polar surface area (TPSA) is 62.8 Å². The number of rotatable bonds is 7. The second-order valence-electron chi connectivity index (χ2n) is 8.57. The van der Waals surface area contributed by atoms with Crippen molar-refractivity contribution in [1.82, 2.24) is 14.3 Å². The van der Waals surface area contributed by atoms with Crippen LogP contribution in [0, 0.1) is 11.6 Å². The van der Waals surface area contributed by atoms with Gasteiger partial charge in [-0.05, 0) is 32.2 Å². The predicted octanol–water partition coefficient (Wildman–Crippen LogP) is 4.40. The molecule has 1 aromatic heterocycles. The lowest BCUT2D eigenvalue weighted by atomic mass is 10.1. The maximum Gasteiger partial charge on any atom is 0.172 e. The molecular weight excluding hydrogens is 448 g/mol. The minimum absolute atomic E-state index is 0.0922. The molecular formula is C23H31F2N5O2S. The van der Waals surface area contributed by atoms with Crippen LogP contribution in [0.4, 0.5) is 20.4 Å². The van der Waals surface area contributed by atoms with Crippen LogP contribution in [0.2, 0.25) is 0 Å². The standard InChI is InChI=1S/C23H31F2N5O2S/c1-14(2)26-21-22(27-18-9-12-30(33-4)23(31-3)20(18)28-21)29-10-7-16(8-11-29)32-19-6-5-15(24)13-17(19)25/h5-6,13-14,16,23H,7-12H2,1-4H3,(H,26,28). The van der Waals surface area contributed by atoms with E-state index in [-0.39, 0.29) is 24.1 Å². The molecule has 0 saturated carbocycles. The first-order valence-electron chi connectivity index (χ1n) is 11.3. The molecule has 0 spiro atoms. The predicted molar refractivity (Wildman–Crippen MR) is 127 cm³/mol. The lowest BCUT2D eigenvalue weighted by Gasteiger charge is -2.36. The van der Waals surface area contributed by atoms with E-state index in [0.717, 1.165) is 42.1 Å². The van der Waals surface area contributed by atoms with Crippen LogP contribution < -0.4 is 15.0 Å². The number of hydrogen-bond acceptors (Lipinski definition) is 8. The zero-order valence-electron chi connectivity index (χ0n) is 19.5. The van der Waals surface area contributed by atoms with Crippen LogP contribution in [0.1, 0.15) is 44.3 Å². The summed E-state index contributed by atoms with van der Waals surface area (Å²) in [5, 5.41) is 3.45. The number of benzene rings is 1. The first-order chi connectivity index (χ1) is 15.9. The largest absolute Gasteiger partial charge is 0.487 e. The molecule has 2 aliphatic rings. The second-order valence-corrected chi connectivity index (χ2v) is 9.40. The zero-order valence-corrected chi connectivity index (χ0v) is 20.3. The first kappa shape index (κ1) is 24.0. The molecule has 180 valence electrons. The lowest BCUT2D eigenvalue weighted by Crippen LogP contribution is -2.40. The van der Waals surface area contributed by atoms with Crippen molar-refractivity contribution in [2.24, 2.45) is 0 Å². The van der Waals surface area contributed by atoms with Gasteiger partial charge in [-0.1, -0.05) is 11.9 Å². The van der Waals surface area contributed by atoms with Gasteiger partial charge in [0.2, 0.25) is 0 Å². The Labute approximate surface area is 198 Å². The minimum atomic E-state index is -0.673. The van der Waals surface area contributed by atoms with Gasteiger partial charge >= 0.3 is 0 Å². The van der Waals surface area contributed by atoms with E-state index >= 15 is 0 Å². The molecule has 1 aromatic carbocycles. The van der Waals surface area contributed by atoms with Gasteiger partial charge in [-0.25, -0.2) is 23.1 Å². The smallest absolute Gasteiger partial charge is 0.172 e. The van der Waals surface area contributed by atoms with Crippen LogP contribution in [0.15, 0.2) is 18.2 Å². The Morgan fingerprint density at radius 1 is 1.15 bits per heavy atom. The van der Waals surface area contributed by atoms with Crippen molar-refractivity contribution in [2.75, 3.05) is 43.2 Å². The van der Waals surface area contributed by atoms with Crippen molar-refractivity contribution in [3.63, 3.8) is 0 Å². The number of methoxy groups -OCH3 is 1. The molecule has 1 fully saturated rings. The summed E-state index contributed by atoms with van der Waals surface area (Å²) in [6.45, 7) is 6.40. The molecule has 10 heteroatoms. The fourth-order valence-corrected chi connectivity index (χ4v) is 4.92. The van der Waals surface area contributed by atoms with E-state index in [2.05, 4.69) is 28.4 Å². The highest BCUT2D eigenvalue weighted by molar-refractivity contribution is 7.96. The third kappa shape index (κ3) is 5.33. The van der Waals surface area contributed by atoms with Gasteiger partial charge in [0.15, 0.2) is 29.4 Å². The Hall–Kier alpha value is -2.17. The van der Waals surface area contributed by atoms with Crippen molar-refractivity contribution in [3.8, 4) is 5.75 Å². The Morgan fingerprint density at radius 2 is 1.91 bits per heavy atom. The highest BCUT2D eigenvalue weighted by Crippen LogP contribution is 2.36. The molecule has 2 aliphatic heterocycles. The van der Waals surface area contributed by atoms with E-state index in [0.29, 0.717) is 25.9 Å². The second kappa shape index (κ2) is 10.4. The zero-order chi connectivity index (χ0) is 23.5. The van der Waals surface area contributed by atoms with E-state index in [4.69, 9.17) is 19.4 Å². The Kier molecular flexibility index (Phi) is 7.55. The highest BCUT2D eigenvalue weighted by atomic mass is 32.2. The maximum absolute atomic E-state index is 14.0. The molecule has 7 nitrogen and oxygen atoms in total. The summed E-state index contributed by atoms with van der Waals surface area (Å²) >= 11 is 1.64. The number of nitrogens with zero attached hydrogens (tertiary/aromatic N) is 4. The molecule has 4 rings (SSSR count). The fourth-order valence-electron chi connectivity index (χ4n) is 4.27. The van der Waals surface area contributed by atoms with Crippen LogP contribution in [0.25, 0.3) is 0 Å². The quantitative estimate of drug-likeness (QED) is 0.587. The van der Waals surface area contributed by atoms with Crippen molar-refractivity contribution in [1.29, 1.82) is 0 Å². The number of anilines is 2. The average Bonchev–Trinajstić information content (AvgIpc) is 2.80. The van der Waals surface area contributed by atoms with Crippen LogP contribution >= 0.6 is 11.9 Å². The summed E-state index contributed by atoms with van der Waals surface area (Å²) in [4.78, 5) is 12.2. The molecule has 33 heavy (non-hydrogen) atoms.